The van der Waals surface area contributed by atoms with Crippen LogP contribution in [0, 0.1) is 5.82 Å². The number of ether oxygens (including phenoxy) is 1. The number of alkyl halides is 3. The lowest BCUT2D eigenvalue weighted by atomic mass is 9.92. The van der Waals surface area contributed by atoms with Crippen LogP contribution in [0.4, 0.5) is 22.7 Å². The lowest BCUT2D eigenvalue weighted by Crippen LogP contribution is -2.20. The van der Waals surface area contributed by atoms with Gasteiger partial charge in [0.15, 0.2) is 10.8 Å². The van der Waals surface area contributed by atoms with Crippen molar-refractivity contribution in [2.45, 2.75) is 49.9 Å². The molecule has 0 amide bonds. The maximum Gasteiger partial charge on any atom is 0.416 e. The molecule has 0 spiro atoms. The minimum atomic E-state index is -4.64. The Balaban J connectivity index is 1.39. The SMILES string of the molecule is CN(C)c1nc2nc([C@@H]3CCO[C@@H](c4cnn(C5CC5)c4)C3)nc(-c3ccc(C(F)(F)F)cc3F)c2s1. The number of hydrogen-bond acceptors (Lipinski definition) is 7. The number of fused-ring (bicyclic) bond motifs is 1. The van der Waals surface area contributed by atoms with Crippen molar-refractivity contribution in [3.05, 3.63) is 53.4 Å². The molecule has 12 heteroatoms. The molecule has 0 bridgehead atoms. The molecule has 1 saturated heterocycles. The van der Waals surface area contributed by atoms with Crippen molar-refractivity contribution in [2.75, 3.05) is 25.6 Å². The summed E-state index contributed by atoms with van der Waals surface area (Å²) < 4.78 is 63.1. The van der Waals surface area contributed by atoms with Crippen LogP contribution in [0.5, 0.6) is 0 Å². The Bertz CT molecular complexity index is 1460. The number of hydrogen-bond donors (Lipinski definition) is 0. The van der Waals surface area contributed by atoms with E-state index in [2.05, 4.69) is 10.1 Å². The first kappa shape index (κ1) is 24.2. The molecule has 4 aromatic rings. The van der Waals surface area contributed by atoms with Crippen LogP contribution in [-0.4, -0.2) is 45.4 Å². The zero-order valence-electron chi connectivity index (χ0n) is 20.2. The first-order valence-corrected chi connectivity index (χ1v) is 12.9. The molecule has 7 nitrogen and oxygen atoms in total. The van der Waals surface area contributed by atoms with E-state index in [0.717, 1.165) is 30.5 Å². The first-order valence-electron chi connectivity index (χ1n) is 12.1. The van der Waals surface area contributed by atoms with Crippen LogP contribution in [0.15, 0.2) is 30.6 Å². The molecular weight excluding hydrogens is 508 g/mol. The largest absolute Gasteiger partial charge is 0.416 e. The van der Waals surface area contributed by atoms with Gasteiger partial charge in [0, 0.05) is 43.9 Å². The molecule has 1 aliphatic heterocycles. The second-order valence-corrected chi connectivity index (χ2v) is 10.7. The van der Waals surface area contributed by atoms with E-state index in [0.29, 0.717) is 52.9 Å². The van der Waals surface area contributed by atoms with Gasteiger partial charge < -0.3 is 9.64 Å². The summed E-state index contributed by atoms with van der Waals surface area (Å²) in [7, 11) is 3.66. The van der Waals surface area contributed by atoms with Crippen molar-refractivity contribution in [1.82, 2.24) is 24.7 Å². The summed E-state index contributed by atoms with van der Waals surface area (Å²) in [4.78, 5) is 15.9. The average Bonchev–Trinajstić information content (AvgIpc) is 3.42. The summed E-state index contributed by atoms with van der Waals surface area (Å²) in [5.41, 5.74) is 0.593. The highest BCUT2D eigenvalue weighted by molar-refractivity contribution is 7.22. The number of nitrogens with zero attached hydrogens (tertiary/aromatic N) is 6. The van der Waals surface area contributed by atoms with Crippen LogP contribution >= 0.6 is 11.3 Å². The highest BCUT2D eigenvalue weighted by Crippen LogP contribution is 2.42. The fourth-order valence-corrected chi connectivity index (χ4v) is 5.52. The molecule has 0 unspecified atom stereocenters. The van der Waals surface area contributed by atoms with Crippen LogP contribution < -0.4 is 4.90 Å². The molecule has 3 aromatic heterocycles. The van der Waals surface area contributed by atoms with Gasteiger partial charge in [0.1, 0.15) is 16.3 Å². The van der Waals surface area contributed by atoms with E-state index in [4.69, 9.17) is 14.7 Å². The topological polar surface area (TPSA) is 69.0 Å². The molecule has 1 aliphatic carbocycles. The van der Waals surface area contributed by atoms with E-state index in [1.165, 1.54) is 11.3 Å². The molecule has 37 heavy (non-hydrogen) atoms. The number of halogens is 4. The highest BCUT2D eigenvalue weighted by Gasteiger charge is 2.33. The molecule has 1 saturated carbocycles. The highest BCUT2D eigenvalue weighted by atomic mass is 32.1. The summed E-state index contributed by atoms with van der Waals surface area (Å²) in [5, 5.41) is 5.12. The predicted octanol–water partition coefficient (Wildman–Crippen LogP) is 6.14. The van der Waals surface area contributed by atoms with E-state index in [1.54, 1.807) is 4.90 Å². The van der Waals surface area contributed by atoms with Gasteiger partial charge in [0.05, 0.1) is 29.6 Å². The summed E-state index contributed by atoms with van der Waals surface area (Å²) in [5.74, 6) is -0.591. The van der Waals surface area contributed by atoms with E-state index >= 15 is 4.39 Å². The van der Waals surface area contributed by atoms with Crippen LogP contribution in [0.3, 0.4) is 0 Å². The second kappa shape index (κ2) is 9.02. The lowest BCUT2D eigenvalue weighted by Gasteiger charge is -2.28. The second-order valence-electron chi connectivity index (χ2n) is 9.73. The average molecular weight is 533 g/mol. The van der Waals surface area contributed by atoms with E-state index in [1.807, 2.05) is 31.2 Å². The van der Waals surface area contributed by atoms with Crippen LogP contribution in [-0.2, 0) is 10.9 Å². The Morgan fingerprint density at radius 3 is 2.62 bits per heavy atom. The third kappa shape index (κ3) is 4.68. The standard InChI is InChI=1S/C25H24F4N6OS/c1-34(2)24-33-23-21(37-24)20(17-6-3-15(10-18(17)26)25(27,28)29)31-22(32-23)13-7-8-36-19(9-13)14-11-30-35(12-14)16-4-5-16/h3,6,10-13,16,19H,4-5,7-9H2,1-2H3/t13-,19-/m1/s1. The maximum atomic E-state index is 15.1. The molecular formula is C25H24F4N6OS. The summed E-state index contributed by atoms with van der Waals surface area (Å²) in [6.07, 6.45) is 2.59. The summed E-state index contributed by atoms with van der Waals surface area (Å²) in [6, 6.07) is 2.99. The molecule has 2 aliphatic rings. The van der Waals surface area contributed by atoms with Crippen molar-refractivity contribution in [2.24, 2.45) is 0 Å². The fourth-order valence-electron chi connectivity index (χ4n) is 4.59. The quantitative estimate of drug-likeness (QED) is 0.288. The molecule has 2 atom stereocenters. The van der Waals surface area contributed by atoms with Gasteiger partial charge in [-0.15, -0.1) is 0 Å². The Kier molecular flexibility index (Phi) is 5.90. The molecule has 2 fully saturated rings. The number of rotatable bonds is 5. The monoisotopic (exact) mass is 532 g/mol. The van der Waals surface area contributed by atoms with Gasteiger partial charge in [-0.1, -0.05) is 11.3 Å². The third-order valence-corrected chi connectivity index (χ3v) is 7.98. The maximum absolute atomic E-state index is 15.1. The molecule has 1 aromatic carbocycles. The molecule has 194 valence electrons. The summed E-state index contributed by atoms with van der Waals surface area (Å²) >= 11 is 1.27. The number of anilines is 1. The van der Waals surface area contributed by atoms with E-state index in [-0.39, 0.29) is 23.3 Å². The van der Waals surface area contributed by atoms with Crippen molar-refractivity contribution >= 4 is 26.8 Å². The molecule has 6 rings (SSSR count). The predicted molar refractivity (Wildman–Crippen MR) is 131 cm³/mol. The van der Waals surface area contributed by atoms with Crippen molar-refractivity contribution < 1.29 is 22.3 Å². The molecule has 0 N–H and O–H groups in total. The molecule has 0 radical (unpaired) electrons. The van der Waals surface area contributed by atoms with Crippen LogP contribution in [0.25, 0.3) is 21.6 Å². The van der Waals surface area contributed by atoms with Gasteiger partial charge in [0.25, 0.3) is 0 Å². The lowest BCUT2D eigenvalue weighted by molar-refractivity contribution is -0.137. The summed E-state index contributed by atoms with van der Waals surface area (Å²) in [6.45, 7) is 0.495. The first-order chi connectivity index (χ1) is 17.7. The van der Waals surface area contributed by atoms with Gasteiger partial charge in [-0.05, 0) is 43.9 Å². The van der Waals surface area contributed by atoms with Gasteiger partial charge in [-0.2, -0.15) is 23.3 Å². The van der Waals surface area contributed by atoms with E-state index < -0.39 is 17.6 Å². The smallest absolute Gasteiger partial charge is 0.373 e. The minimum Gasteiger partial charge on any atom is -0.373 e. The number of benzene rings is 1. The van der Waals surface area contributed by atoms with Gasteiger partial charge in [0.2, 0.25) is 0 Å². The normalized spacial score (nSPS) is 20.5. The van der Waals surface area contributed by atoms with Gasteiger partial charge in [-0.3, -0.25) is 4.68 Å². The minimum absolute atomic E-state index is 0.00933. The van der Waals surface area contributed by atoms with Crippen LogP contribution in [0.2, 0.25) is 0 Å². The van der Waals surface area contributed by atoms with Crippen molar-refractivity contribution in [3.8, 4) is 11.3 Å². The number of aromatic nitrogens is 5. The van der Waals surface area contributed by atoms with Crippen LogP contribution in [0.1, 0.15) is 60.7 Å². The molecule has 4 heterocycles. The van der Waals surface area contributed by atoms with Gasteiger partial charge >= 0.3 is 6.18 Å². The third-order valence-electron chi connectivity index (χ3n) is 6.76. The van der Waals surface area contributed by atoms with Crippen molar-refractivity contribution in [3.63, 3.8) is 0 Å². The Labute approximate surface area is 214 Å². The Morgan fingerprint density at radius 2 is 1.92 bits per heavy atom. The van der Waals surface area contributed by atoms with Gasteiger partial charge in [-0.25, -0.2) is 14.4 Å². The van der Waals surface area contributed by atoms with Crippen molar-refractivity contribution in [1.29, 1.82) is 0 Å². The zero-order chi connectivity index (χ0) is 25.9. The number of thiazole rings is 1. The Hall–Kier alpha value is -3.12. The fraction of sp³-hybridized carbons (Fsp3) is 0.440. The van der Waals surface area contributed by atoms with E-state index in [9.17, 15) is 13.2 Å². The Morgan fingerprint density at radius 1 is 1.11 bits per heavy atom. The zero-order valence-corrected chi connectivity index (χ0v) is 21.0.